The maximum Gasteiger partial charge on any atom is 0.316 e. The Bertz CT molecular complexity index is 563. The molecule has 0 radical (unpaired) electrons. The van der Waals surface area contributed by atoms with Gasteiger partial charge < -0.3 is 5.11 Å². The second-order valence-corrected chi connectivity index (χ2v) is 5.49. The van der Waals surface area contributed by atoms with E-state index in [0.29, 0.717) is 11.8 Å². The fraction of sp³-hybridized carbons (Fsp3) is 0.385. The number of carboxylic acid groups (broad SMARTS) is 1. The van der Waals surface area contributed by atoms with Crippen LogP contribution in [0.5, 0.6) is 0 Å². The van der Waals surface area contributed by atoms with E-state index >= 15 is 0 Å². The Labute approximate surface area is 110 Å². The normalized spacial score (nSPS) is 11.3. The molecule has 2 N–H and O–H groups in total. The fourth-order valence-corrected chi connectivity index (χ4v) is 3.03. The van der Waals surface area contributed by atoms with Crippen molar-refractivity contribution in [3.05, 3.63) is 24.3 Å². The van der Waals surface area contributed by atoms with Crippen LogP contribution in [0.3, 0.4) is 0 Å². The fourth-order valence-electron chi connectivity index (χ4n) is 1.93. The molecule has 1 aromatic carbocycles. The molecule has 0 atom stereocenters. The van der Waals surface area contributed by atoms with E-state index in [1.165, 1.54) is 0 Å². The van der Waals surface area contributed by atoms with Crippen molar-refractivity contribution in [2.75, 3.05) is 5.75 Å². The number of hydrogen-bond acceptors (Lipinski definition) is 2. The smallest absolute Gasteiger partial charge is 0.316 e. The highest BCUT2D eigenvalue weighted by molar-refractivity contribution is 7.99. The molecule has 0 aliphatic rings. The third-order valence-corrected chi connectivity index (χ3v) is 3.68. The second-order valence-electron chi connectivity index (χ2n) is 4.40. The zero-order valence-electron chi connectivity index (χ0n) is 10.5. The SMILES string of the molecule is CC(C)[n+]1c(SCCC(=O)O)[nH]c2ccccc21. The van der Waals surface area contributed by atoms with Crippen LogP contribution in [0.2, 0.25) is 0 Å². The highest BCUT2D eigenvalue weighted by atomic mass is 32.2. The van der Waals surface area contributed by atoms with Gasteiger partial charge >= 0.3 is 11.1 Å². The molecule has 96 valence electrons. The molecule has 0 bridgehead atoms. The number of hydrogen-bond donors (Lipinski definition) is 2. The van der Waals surface area contributed by atoms with Gasteiger partial charge in [0.1, 0.15) is 0 Å². The van der Waals surface area contributed by atoms with Crippen molar-refractivity contribution in [1.82, 2.24) is 4.98 Å². The van der Waals surface area contributed by atoms with Gasteiger partial charge in [-0.1, -0.05) is 12.1 Å². The Kier molecular flexibility index (Phi) is 3.91. The summed E-state index contributed by atoms with van der Waals surface area (Å²) in [5.41, 5.74) is 2.24. The molecule has 5 heteroatoms. The number of aromatic nitrogens is 2. The molecule has 0 aliphatic carbocycles. The summed E-state index contributed by atoms with van der Waals surface area (Å²) in [7, 11) is 0. The van der Waals surface area contributed by atoms with Gasteiger partial charge in [0.25, 0.3) is 0 Å². The van der Waals surface area contributed by atoms with Crippen molar-refractivity contribution < 1.29 is 14.5 Å². The first-order valence-electron chi connectivity index (χ1n) is 5.96. The third-order valence-electron chi connectivity index (χ3n) is 2.70. The van der Waals surface area contributed by atoms with E-state index in [9.17, 15) is 4.79 Å². The van der Waals surface area contributed by atoms with Crippen LogP contribution < -0.4 is 4.57 Å². The van der Waals surface area contributed by atoms with Crippen molar-refractivity contribution in [2.45, 2.75) is 31.5 Å². The Morgan fingerprint density at radius 2 is 2.17 bits per heavy atom. The molecule has 0 spiro atoms. The van der Waals surface area contributed by atoms with E-state index in [-0.39, 0.29) is 6.42 Å². The standard InChI is InChI=1S/C13H16N2O2S/c1-9(2)15-11-6-4-3-5-10(11)14-13(15)18-8-7-12(16)17/h3-6,9H,7-8H2,1-2H3,(H,16,17)/p+1. The summed E-state index contributed by atoms with van der Waals surface area (Å²) in [4.78, 5) is 13.9. The Morgan fingerprint density at radius 1 is 1.44 bits per heavy atom. The number of imidazole rings is 1. The molecular weight excluding hydrogens is 248 g/mol. The number of fused-ring (bicyclic) bond motifs is 1. The van der Waals surface area contributed by atoms with Gasteiger partial charge in [0.15, 0.2) is 11.0 Å². The lowest BCUT2D eigenvalue weighted by molar-refractivity contribution is -0.727. The molecule has 18 heavy (non-hydrogen) atoms. The topological polar surface area (TPSA) is 57.0 Å². The lowest BCUT2D eigenvalue weighted by Gasteiger charge is -2.04. The van der Waals surface area contributed by atoms with Gasteiger partial charge in [-0.25, -0.2) is 9.55 Å². The summed E-state index contributed by atoms with van der Waals surface area (Å²) < 4.78 is 2.21. The molecule has 1 aromatic heterocycles. The Morgan fingerprint density at radius 3 is 2.83 bits per heavy atom. The first-order chi connectivity index (χ1) is 8.59. The maximum absolute atomic E-state index is 10.6. The van der Waals surface area contributed by atoms with Crippen LogP contribution in [0.15, 0.2) is 29.4 Å². The van der Waals surface area contributed by atoms with Gasteiger partial charge in [0.2, 0.25) is 0 Å². The zero-order valence-corrected chi connectivity index (χ0v) is 11.3. The molecule has 4 nitrogen and oxygen atoms in total. The van der Waals surface area contributed by atoms with E-state index in [2.05, 4.69) is 29.5 Å². The van der Waals surface area contributed by atoms with Crippen LogP contribution in [0, 0.1) is 0 Å². The molecule has 0 fully saturated rings. The van der Waals surface area contributed by atoms with Gasteiger partial charge in [0, 0.05) is 5.75 Å². The molecule has 0 saturated heterocycles. The quantitative estimate of drug-likeness (QED) is 0.645. The number of carboxylic acids is 1. The number of aromatic amines is 1. The van der Waals surface area contributed by atoms with Crippen molar-refractivity contribution in [2.24, 2.45) is 0 Å². The van der Waals surface area contributed by atoms with Gasteiger partial charge in [-0.2, -0.15) is 0 Å². The number of para-hydroxylation sites is 2. The summed E-state index contributed by atoms with van der Waals surface area (Å²) >= 11 is 1.56. The van der Waals surface area contributed by atoms with Gasteiger partial charge in [0.05, 0.1) is 12.5 Å². The summed E-state index contributed by atoms with van der Waals surface area (Å²) in [5, 5.41) is 9.70. The van der Waals surface area contributed by atoms with E-state index in [4.69, 9.17) is 5.11 Å². The average Bonchev–Trinajstić information content (AvgIpc) is 2.66. The van der Waals surface area contributed by atoms with Crippen LogP contribution in [0.4, 0.5) is 0 Å². The minimum atomic E-state index is -0.755. The van der Waals surface area contributed by atoms with Crippen LogP contribution in [-0.4, -0.2) is 21.8 Å². The Balaban J connectivity index is 2.31. The minimum absolute atomic E-state index is 0.179. The Hall–Kier alpha value is -1.49. The van der Waals surface area contributed by atoms with Gasteiger partial charge in [-0.15, -0.1) is 0 Å². The molecule has 2 aromatic rings. The molecule has 0 aliphatic heterocycles. The third kappa shape index (κ3) is 2.67. The van der Waals surface area contributed by atoms with Gasteiger partial charge in [-0.3, -0.25) is 4.79 Å². The van der Waals surface area contributed by atoms with E-state index in [1.54, 1.807) is 11.8 Å². The minimum Gasteiger partial charge on any atom is -0.481 e. The monoisotopic (exact) mass is 265 g/mol. The summed E-state index contributed by atoms with van der Waals surface area (Å²) in [6, 6.07) is 8.46. The van der Waals surface area contributed by atoms with E-state index in [1.807, 2.05) is 18.2 Å². The largest absolute Gasteiger partial charge is 0.481 e. The van der Waals surface area contributed by atoms with Crippen LogP contribution in [0.1, 0.15) is 26.3 Å². The van der Waals surface area contributed by atoms with Crippen molar-refractivity contribution in [3.8, 4) is 0 Å². The lowest BCUT2D eigenvalue weighted by Crippen LogP contribution is -2.37. The summed E-state index contributed by atoms with van der Waals surface area (Å²) in [6.45, 7) is 4.25. The number of aliphatic carboxylic acids is 1. The maximum atomic E-state index is 10.6. The van der Waals surface area contributed by atoms with E-state index in [0.717, 1.165) is 16.2 Å². The number of benzene rings is 1. The highest BCUT2D eigenvalue weighted by Gasteiger charge is 2.20. The first-order valence-corrected chi connectivity index (χ1v) is 6.95. The lowest BCUT2D eigenvalue weighted by atomic mass is 10.3. The first kappa shape index (κ1) is 13.0. The molecular formula is C13H17N2O2S+. The molecule has 1 heterocycles. The predicted octanol–water partition coefficient (Wildman–Crippen LogP) is 2.60. The number of carbonyl (C=O) groups is 1. The molecule has 0 unspecified atom stereocenters. The zero-order chi connectivity index (χ0) is 13.1. The van der Waals surface area contributed by atoms with Crippen molar-refractivity contribution >= 4 is 28.8 Å². The highest BCUT2D eigenvalue weighted by Crippen LogP contribution is 2.20. The number of nitrogens with zero attached hydrogens (tertiary/aromatic N) is 1. The second kappa shape index (κ2) is 5.44. The van der Waals surface area contributed by atoms with Crippen molar-refractivity contribution in [1.29, 1.82) is 0 Å². The molecule has 0 saturated carbocycles. The number of H-pyrrole nitrogens is 1. The van der Waals surface area contributed by atoms with Gasteiger partial charge in [-0.05, 0) is 37.7 Å². The number of nitrogens with one attached hydrogen (secondary N) is 1. The average molecular weight is 265 g/mol. The summed E-state index contributed by atoms with van der Waals surface area (Å²) in [5.74, 6) is -0.177. The number of rotatable bonds is 5. The molecule has 2 rings (SSSR count). The van der Waals surface area contributed by atoms with Crippen LogP contribution in [-0.2, 0) is 4.79 Å². The van der Waals surface area contributed by atoms with Crippen LogP contribution >= 0.6 is 11.8 Å². The van der Waals surface area contributed by atoms with Crippen molar-refractivity contribution in [3.63, 3.8) is 0 Å². The number of thioether (sulfide) groups is 1. The molecule has 0 amide bonds. The van der Waals surface area contributed by atoms with Crippen LogP contribution in [0.25, 0.3) is 11.0 Å². The summed E-state index contributed by atoms with van der Waals surface area (Å²) in [6.07, 6.45) is 0.179. The van der Waals surface area contributed by atoms with E-state index < -0.39 is 5.97 Å². The predicted molar refractivity (Wildman–Crippen MR) is 71.9 cm³/mol.